The maximum absolute atomic E-state index is 12.1. The Labute approximate surface area is 98.5 Å². The van der Waals surface area contributed by atoms with Gasteiger partial charge < -0.3 is 0 Å². The topological polar surface area (TPSA) is 55.3 Å². The van der Waals surface area contributed by atoms with E-state index in [2.05, 4.69) is 16.5 Å². The molecule has 88 valence electrons. The Morgan fingerprint density at radius 2 is 2.44 bits per heavy atom. The van der Waals surface area contributed by atoms with Crippen molar-refractivity contribution >= 4 is 17.4 Å². The Morgan fingerprint density at radius 1 is 1.56 bits per heavy atom. The molecule has 2 rings (SSSR count). The maximum atomic E-state index is 12.1. The van der Waals surface area contributed by atoms with Crippen LogP contribution in [0.15, 0.2) is 0 Å². The standard InChI is InChI=1S/C10H15N3O2S/c1-2-5-8-9(16-12-11-8)10(14)13-6-3-4-7-15-13/h2-7H2,1H3. The van der Waals surface area contributed by atoms with Gasteiger partial charge in [-0.3, -0.25) is 9.63 Å². The first-order valence-electron chi connectivity index (χ1n) is 5.59. The molecule has 0 spiro atoms. The van der Waals surface area contributed by atoms with Crippen LogP contribution in [0.4, 0.5) is 0 Å². The molecule has 0 aliphatic carbocycles. The van der Waals surface area contributed by atoms with E-state index in [0.717, 1.165) is 42.9 Å². The summed E-state index contributed by atoms with van der Waals surface area (Å²) in [6.07, 6.45) is 3.78. The lowest BCUT2D eigenvalue weighted by Gasteiger charge is -2.25. The zero-order valence-corrected chi connectivity index (χ0v) is 10.1. The second-order valence-corrected chi connectivity index (χ2v) is 4.50. The SMILES string of the molecule is CCCc1nnsc1C(=O)N1CCCCO1. The summed E-state index contributed by atoms with van der Waals surface area (Å²) >= 11 is 1.16. The number of carbonyl (C=O) groups is 1. The van der Waals surface area contributed by atoms with E-state index in [0.29, 0.717) is 18.0 Å². The van der Waals surface area contributed by atoms with Crippen LogP contribution in [0.5, 0.6) is 0 Å². The zero-order valence-electron chi connectivity index (χ0n) is 9.31. The number of aromatic nitrogens is 2. The lowest BCUT2D eigenvalue weighted by atomic mass is 10.2. The normalized spacial score (nSPS) is 16.4. The molecule has 1 amide bonds. The lowest BCUT2D eigenvalue weighted by molar-refractivity contribution is -0.144. The fraction of sp³-hybridized carbons (Fsp3) is 0.700. The van der Waals surface area contributed by atoms with Crippen LogP contribution in [0.2, 0.25) is 0 Å². The average molecular weight is 241 g/mol. The first-order chi connectivity index (χ1) is 7.83. The molecule has 5 nitrogen and oxygen atoms in total. The number of aryl methyl sites for hydroxylation is 1. The van der Waals surface area contributed by atoms with E-state index in [1.54, 1.807) is 0 Å². The van der Waals surface area contributed by atoms with Gasteiger partial charge >= 0.3 is 0 Å². The van der Waals surface area contributed by atoms with Gasteiger partial charge in [0.15, 0.2) is 0 Å². The van der Waals surface area contributed by atoms with Crippen molar-refractivity contribution in [2.45, 2.75) is 32.6 Å². The molecule has 0 atom stereocenters. The highest BCUT2D eigenvalue weighted by atomic mass is 32.1. The first-order valence-corrected chi connectivity index (χ1v) is 6.36. The fourth-order valence-corrected chi connectivity index (χ4v) is 2.29. The molecule has 16 heavy (non-hydrogen) atoms. The summed E-state index contributed by atoms with van der Waals surface area (Å²) in [5.74, 6) is -0.0850. The minimum Gasteiger partial charge on any atom is -0.271 e. The molecule has 1 aliphatic heterocycles. The molecule has 1 fully saturated rings. The van der Waals surface area contributed by atoms with Gasteiger partial charge in [-0.25, -0.2) is 5.06 Å². The molecule has 1 aliphatic rings. The molecule has 0 aromatic carbocycles. The van der Waals surface area contributed by atoms with Crippen LogP contribution in [0.1, 0.15) is 41.6 Å². The average Bonchev–Trinajstić information content (AvgIpc) is 2.78. The number of nitrogens with zero attached hydrogens (tertiary/aromatic N) is 3. The van der Waals surface area contributed by atoms with Crippen molar-refractivity contribution in [3.05, 3.63) is 10.6 Å². The van der Waals surface area contributed by atoms with E-state index in [9.17, 15) is 4.79 Å². The molecule has 0 saturated carbocycles. The summed E-state index contributed by atoms with van der Waals surface area (Å²) in [6, 6.07) is 0. The largest absolute Gasteiger partial charge is 0.291 e. The van der Waals surface area contributed by atoms with E-state index in [4.69, 9.17) is 4.84 Å². The molecule has 6 heteroatoms. The van der Waals surface area contributed by atoms with Gasteiger partial charge in [0, 0.05) is 6.54 Å². The van der Waals surface area contributed by atoms with Crippen molar-refractivity contribution < 1.29 is 9.63 Å². The van der Waals surface area contributed by atoms with Crippen LogP contribution in [0.25, 0.3) is 0 Å². The van der Waals surface area contributed by atoms with E-state index in [1.165, 1.54) is 5.06 Å². The smallest absolute Gasteiger partial charge is 0.271 e. The van der Waals surface area contributed by atoms with Crippen molar-refractivity contribution in [1.82, 2.24) is 14.7 Å². The zero-order chi connectivity index (χ0) is 11.4. The van der Waals surface area contributed by atoms with Crippen molar-refractivity contribution in [2.24, 2.45) is 0 Å². The van der Waals surface area contributed by atoms with E-state index in [1.807, 2.05) is 0 Å². The van der Waals surface area contributed by atoms with Crippen LogP contribution in [-0.2, 0) is 11.3 Å². The van der Waals surface area contributed by atoms with Crippen LogP contribution in [-0.4, -0.2) is 33.7 Å². The molecule has 1 aromatic heterocycles. The van der Waals surface area contributed by atoms with Gasteiger partial charge in [0.25, 0.3) is 5.91 Å². The third kappa shape index (κ3) is 2.38. The van der Waals surface area contributed by atoms with Crippen LogP contribution >= 0.6 is 11.5 Å². The second-order valence-electron chi connectivity index (χ2n) is 3.75. The summed E-state index contributed by atoms with van der Waals surface area (Å²) in [4.78, 5) is 18.0. The first kappa shape index (κ1) is 11.5. The van der Waals surface area contributed by atoms with Gasteiger partial charge in [0.05, 0.1) is 12.3 Å². The minimum atomic E-state index is -0.0850. The monoisotopic (exact) mass is 241 g/mol. The number of rotatable bonds is 3. The molecule has 0 N–H and O–H groups in total. The van der Waals surface area contributed by atoms with E-state index < -0.39 is 0 Å². The van der Waals surface area contributed by atoms with E-state index in [-0.39, 0.29) is 5.91 Å². The predicted octanol–water partition coefficient (Wildman–Crippen LogP) is 1.66. The third-order valence-electron chi connectivity index (χ3n) is 2.47. The number of amides is 1. The Kier molecular flexibility index (Phi) is 3.84. The summed E-state index contributed by atoms with van der Waals surface area (Å²) in [6.45, 7) is 3.36. The van der Waals surface area contributed by atoms with Gasteiger partial charge in [-0.2, -0.15) is 0 Å². The fourth-order valence-electron chi connectivity index (χ4n) is 1.64. The lowest BCUT2D eigenvalue weighted by Crippen LogP contribution is -2.35. The summed E-state index contributed by atoms with van der Waals surface area (Å²) in [5.41, 5.74) is 0.798. The molecule has 1 saturated heterocycles. The molecule has 0 bridgehead atoms. The number of hydrogen-bond donors (Lipinski definition) is 0. The third-order valence-corrected chi connectivity index (χ3v) is 3.22. The van der Waals surface area contributed by atoms with Crippen molar-refractivity contribution in [1.29, 1.82) is 0 Å². The molecule has 2 heterocycles. The number of carbonyl (C=O) groups excluding carboxylic acids is 1. The highest BCUT2D eigenvalue weighted by Gasteiger charge is 2.24. The van der Waals surface area contributed by atoms with Crippen LogP contribution in [0, 0.1) is 0 Å². The summed E-state index contributed by atoms with van der Waals surface area (Å²) < 4.78 is 3.85. The Hall–Kier alpha value is -1.01. The molecule has 0 unspecified atom stereocenters. The van der Waals surface area contributed by atoms with Gasteiger partial charge in [-0.1, -0.05) is 17.8 Å². The van der Waals surface area contributed by atoms with Crippen molar-refractivity contribution in [3.8, 4) is 0 Å². The predicted molar refractivity (Wildman–Crippen MR) is 60.1 cm³/mol. The van der Waals surface area contributed by atoms with E-state index >= 15 is 0 Å². The van der Waals surface area contributed by atoms with Crippen molar-refractivity contribution in [2.75, 3.05) is 13.2 Å². The number of hydrogen-bond acceptors (Lipinski definition) is 5. The van der Waals surface area contributed by atoms with Gasteiger partial charge in [-0.15, -0.1) is 5.10 Å². The number of hydroxylamine groups is 2. The Bertz CT molecular complexity index is 361. The molecular formula is C10H15N3O2S. The summed E-state index contributed by atoms with van der Waals surface area (Å²) in [5, 5.41) is 5.43. The van der Waals surface area contributed by atoms with Crippen LogP contribution in [0.3, 0.4) is 0 Å². The van der Waals surface area contributed by atoms with Gasteiger partial charge in [-0.05, 0) is 30.8 Å². The Balaban J connectivity index is 2.09. The quantitative estimate of drug-likeness (QED) is 0.807. The highest BCUT2D eigenvalue weighted by molar-refractivity contribution is 7.07. The maximum Gasteiger partial charge on any atom is 0.291 e. The van der Waals surface area contributed by atoms with Gasteiger partial charge in [0.2, 0.25) is 0 Å². The molecular weight excluding hydrogens is 226 g/mol. The minimum absolute atomic E-state index is 0.0850. The van der Waals surface area contributed by atoms with Crippen molar-refractivity contribution in [3.63, 3.8) is 0 Å². The van der Waals surface area contributed by atoms with Gasteiger partial charge in [0.1, 0.15) is 4.88 Å². The van der Waals surface area contributed by atoms with Crippen LogP contribution < -0.4 is 0 Å². The second kappa shape index (κ2) is 5.36. The molecule has 1 aromatic rings. The molecule has 0 radical (unpaired) electrons. The summed E-state index contributed by atoms with van der Waals surface area (Å²) in [7, 11) is 0. The highest BCUT2D eigenvalue weighted by Crippen LogP contribution is 2.17. The Morgan fingerprint density at radius 3 is 3.12 bits per heavy atom.